The summed E-state index contributed by atoms with van der Waals surface area (Å²) in [7, 11) is -3.61. The van der Waals surface area contributed by atoms with Gasteiger partial charge in [0.25, 0.3) is 15.9 Å². The number of fused-ring (bicyclic) bond motifs is 1. The van der Waals surface area contributed by atoms with Gasteiger partial charge in [0.1, 0.15) is 4.90 Å². The van der Waals surface area contributed by atoms with E-state index in [9.17, 15) is 13.2 Å². The third kappa shape index (κ3) is 1.43. The van der Waals surface area contributed by atoms with E-state index >= 15 is 0 Å². The summed E-state index contributed by atoms with van der Waals surface area (Å²) in [6, 6.07) is 4.89. The quantitative estimate of drug-likeness (QED) is 0.782. The molecule has 0 aromatic heterocycles. The second kappa shape index (κ2) is 3.06. The first-order chi connectivity index (χ1) is 6.93. The number of rotatable bonds is 1. The van der Waals surface area contributed by atoms with E-state index in [1.165, 1.54) is 6.07 Å². The molecule has 1 heterocycles. The van der Waals surface area contributed by atoms with Crippen molar-refractivity contribution in [2.75, 3.05) is 0 Å². The summed E-state index contributed by atoms with van der Waals surface area (Å²) in [4.78, 5) is 11.6. The highest BCUT2D eigenvalue weighted by molar-refractivity contribution is 7.90. The van der Waals surface area contributed by atoms with Crippen molar-refractivity contribution in [3.63, 3.8) is 0 Å². The molecule has 1 aromatic rings. The number of amides is 1. The van der Waals surface area contributed by atoms with Crippen LogP contribution in [0, 0.1) is 0 Å². The van der Waals surface area contributed by atoms with Crippen LogP contribution in [0.3, 0.4) is 0 Å². The van der Waals surface area contributed by atoms with Gasteiger partial charge in [0, 0.05) is 0 Å². The number of nitrogens with one attached hydrogen (secondary N) is 1. The number of carbonyl (C=O) groups excluding carboxylic acids is 1. The lowest BCUT2D eigenvalue weighted by Gasteiger charge is -2.07. The van der Waals surface area contributed by atoms with Gasteiger partial charge in [-0.1, -0.05) is 26.0 Å². The minimum Gasteiger partial charge on any atom is -0.268 e. The van der Waals surface area contributed by atoms with Gasteiger partial charge in [-0.05, 0) is 17.5 Å². The number of hydrogen-bond acceptors (Lipinski definition) is 3. The number of carbonyl (C=O) groups is 1. The molecule has 1 aliphatic rings. The zero-order valence-electron chi connectivity index (χ0n) is 8.44. The predicted molar refractivity (Wildman–Crippen MR) is 55.2 cm³/mol. The van der Waals surface area contributed by atoms with Crippen molar-refractivity contribution >= 4 is 15.9 Å². The van der Waals surface area contributed by atoms with Gasteiger partial charge in [0.05, 0.1) is 5.56 Å². The van der Waals surface area contributed by atoms with Gasteiger partial charge in [0.2, 0.25) is 0 Å². The molecule has 1 amide bonds. The van der Waals surface area contributed by atoms with Gasteiger partial charge < -0.3 is 0 Å². The van der Waals surface area contributed by atoms with E-state index < -0.39 is 15.9 Å². The molecule has 4 nitrogen and oxygen atoms in total. The van der Waals surface area contributed by atoms with E-state index in [1.807, 2.05) is 18.6 Å². The standard InChI is InChI=1S/C10H11NO3S/c1-6(2)7-4-3-5-8-9(7)10(12)11-15(8,13)14/h3-6H,1-2H3,(H,11,12). The molecular weight excluding hydrogens is 214 g/mol. The van der Waals surface area contributed by atoms with E-state index in [1.54, 1.807) is 12.1 Å². The van der Waals surface area contributed by atoms with E-state index in [0.717, 1.165) is 5.56 Å². The van der Waals surface area contributed by atoms with Crippen LogP contribution in [0.15, 0.2) is 23.1 Å². The highest BCUT2D eigenvalue weighted by Gasteiger charge is 2.34. The van der Waals surface area contributed by atoms with Gasteiger partial charge in [-0.15, -0.1) is 0 Å². The summed E-state index contributed by atoms with van der Waals surface area (Å²) >= 11 is 0. The summed E-state index contributed by atoms with van der Waals surface area (Å²) in [5, 5.41) is 0. The highest BCUT2D eigenvalue weighted by Crippen LogP contribution is 2.29. The maximum atomic E-state index is 11.5. The first kappa shape index (κ1) is 10.2. The molecule has 0 aliphatic carbocycles. The van der Waals surface area contributed by atoms with Crippen LogP contribution in [0.25, 0.3) is 0 Å². The molecule has 0 saturated heterocycles. The zero-order chi connectivity index (χ0) is 11.2. The first-order valence-corrected chi connectivity index (χ1v) is 6.12. The average molecular weight is 225 g/mol. The molecule has 0 bridgehead atoms. The molecule has 0 fully saturated rings. The summed E-state index contributed by atoms with van der Waals surface area (Å²) in [6.07, 6.45) is 0. The topological polar surface area (TPSA) is 63.2 Å². The minimum absolute atomic E-state index is 0.0960. The Labute approximate surface area is 88.4 Å². The smallest absolute Gasteiger partial charge is 0.266 e. The Balaban J connectivity index is 2.79. The van der Waals surface area contributed by atoms with Crippen LogP contribution in [0.5, 0.6) is 0 Å². The van der Waals surface area contributed by atoms with Gasteiger partial charge in [-0.2, -0.15) is 0 Å². The number of benzene rings is 1. The lowest BCUT2D eigenvalue weighted by atomic mass is 9.97. The van der Waals surface area contributed by atoms with Crippen LogP contribution in [-0.2, 0) is 10.0 Å². The Hall–Kier alpha value is -1.36. The molecule has 0 spiro atoms. The summed E-state index contributed by atoms with van der Waals surface area (Å²) in [6.45, 7) is 3.85. The highest BCUT2D eigenvalue weighted by atomic mass is 32.2. The fourth-order valence-corrected chi connectivity index (χ4v) is 2.92. The van der Waals surface area contributed by atoms with E-state index in [2.05, 4.69) is 0 Å². The van der Waals surface area contributed by atoms with Crippen LogP contribution in [0.1, 0.15) is 35.7 Å². The van der Waals surface area contributed by atoms with Crippen molar-refractivity contribution < 1.29 is 13.2 Å². The monoisotopic (exact) mass is 225 g/mol. The second-order valence-electron chi connectivity index (χ2n) is 3.81. The Kier molecular flexibility index (Phi) is 2.08. The molecule has 5 heteroatoms. The van der Waals surface area contributed by atoms with Crippen LogP contribution in [0.4, 0.5) is 0 Å². The van der Waals surface area contributed by atoms with Crippen molar-refractivity contribution in [2.45, 2.75) is 24.7 Å². The SMILES string of the molecule is CC(C)c1cccc2c1C(=O)NS2(=O)=O. The Bertz CT molecular complexity index is 532. The molecular formula is C10H11NO3S. The van der Waals surface area contributed by atoms with Gasteiger partial charge >= 0.3 is 0 Å². The van der Waals surface area contributed by atoms with E-state index in [-0.39, 0.29) is 10.8 Å². The summed E-state index contributed by atoms with van der Waals surface area (Å²) < 4.78 is 25.0. The van der Waals surface area contributed by atoms with E-state index in [4.69, 9.17) is 0 Å². The van der Waals surface area contributed by atoms with Crippen LogP contribution >= 0.6 is 0 Å². The fourth-order valence-electron chi connectivity index (χ4n) is 1.72. The molecule has 0 unspecified atom stereocenters. The molecule has 1 aromatic carbocycles. The van der Waals surface area contributed by atoms with Gasteiger partial charge in [-0.25, -0.2) is 13.1 Å². The number of hydrogen-bond donors (Lipinski definition) is 1. The molecule has 2 rings (SSSR count). The lowest BCUT2D eigenvalue weighted by molar-refractivity contribution is 0.0984. The third-order valence-corrected chi connectivity index (χ3v) is 3.80. The molecule has 80 valence electrons. The maximum Gasteiger partial charge on any atom is 0.266 e. The maximum absolute atomic E-state index is 11.5. The fraction of sp³-hybridized carbons (Fsp3) is 0.300. The summed E-state index contributed by atoms with van der Waals surface area (Å²) in [5.41, 5.74) is 1.07. The van der Waals surface area contributed by atoms with Crippen molar-refractivity contribution in [3.8, 4) is 0 Å². The Morgan fingerprint density at radius 1 is 1.27 bits per heavy atom. The molecule has 1 N–H and O–H groups in total. The third-order valence-electron chi connectivity index (χ3n) is 2.42. The summed E-state index contributed by atoms with van der Waals surface area (Å²) in [5.74, 6) is -0.395. The Morgan fingerprint density at radius 2 is 1.93 bits per heavy atom. The van der Waals surface area contributed by atoms with Crippen molar-refractivity contribution in [1.29, 1.82) is 0 Å². The largest absolute Gasteiger partial charge is 0.268 e. The molecule has 1 aliphatic heterocycles. The van der Waals surface area contributed by atoms with Crippen molar-refractivity contribution in [1.82, 2.24) is 4.72 Å². The van der Waals surface area contributed by atoms with Crippen molar-refractivity contribution in [2.24, 2.45) is 0 Å². The molecule has 0 radical (unpaired) electrons. The zero-order valence-corrected chi connectivity index (χ0v) is 9.26. The second-order valence-corrected chi connectivity index (χ2v) is 5.46. The lowest BCUT2D eigenvalue weighted by Crippen LogP contribution is -2.21. The Morgan fingerprint density at radius 3 is 2.53 bits per heavy atom. The molecule has 0 saturated carbocycles. The van der Waals surface area contributed by atoms with Crippen LogP contribution in [0.2, 0.25) is 0 Å². The predicted octanol–water partition coefficient (Wildman–Crippen LogP) is 1.24. The molecule has 0 atom stereocenters. The average Bonchev–Trinajstić information content (AvgIpc) is 2.37. The number of sulfonamides is 1. The first-order valence-electron chi connectivity index (χ1n) is 4.63. The van der Waals surface area contributed by atoms with Crippen LogP contribution in [-0.4, -0.2) is 14.3 Å². The van der Waals surface area contributed by atoms with Gasteiger partial charge in [-0.3, -0.25) is 4.79 Å². The van der Waals surface area contributed by atoms with E-state index in [0.29, 0.717) is 5.56 Å². The van der Waals surface area contributed by atoms with Crippen molar-refractivity contribution in [3.05, 3.63) is 29.3 Å². The minimum atomic E-state index is -3.61. The van der Waals surface area contributed by atoms with Crippen LogP contribution < -0.4 is 4.72 Å². The molecule has 15 heavy (non-hydrogen) atoms. The normalized spacial score (nSPS) is 17.7. The van der Waals surface area contributed by atoms with Gasteiger partial charge in [0.15, 0.2) is 0 Å².